The first-order valence-electron chi connectivity index (χ1n) is 6.45. The van der Waals surface area contributed by atoms with Crippen LogP contribution in [0.1, 0.15) is 6.92 Å². The number of aliphatic hydroxyl groups is 2. The summed E-state index contributed by atoms with van der Waals surface area (Å²) in [6.45, 7) is 1.90. The molecule has 3 aliphatic rings. The highest BCUT2D eigenvalue weighted by Crippen LogP contribution is 2.27. The fraction of sp³-hybridized carbons (Fsp3) is 0.583. The Labute approximate surface area is 116 Å². The first kappa shape index (κ1) is 13.4. The van der Waals surface area contributed by atoms with Crippen LogP contribution in [-0.4, -0.2) is 59.0 Å². The Morgan fingerprint density at radius 3 is 2.75 bits per heavy atom. The van der Waals surface area contributed by atoms with E-state index in [0.29, 0.717) is 0 Å². The van der Waals surface area contributed by atoms with Crippen molar-refractivity contribution in [3.63, 3.8) is 0 Å². The molecule has 3 heterocycles. The average molecular weight is 282 g/mol. The molecule has 3 aliphatic heterocycles. The quantitative estimate of drug-likeness (QED) is 0.416. The van der Waals surface area contributed by atoms with Crippen molar-refractivity contribution in [1.29, 1.82) is 0 Å². The minimum Gasteiger partial charge on any atom is -0.386 e. The number of rotatable bonds is 2. The molecule has 5 N–H and O–H groups in total. The summed E-state index contributed by atoms with van der Waals surface area (Å²) in [4.78, 5) is 13.4. The molecule has 0 radical (unpaired) electrons. The lowest BCUT2D eigenvalue weighted by Crippen LogP contribution is -2.56. The third-order valence-corrected chi connectivity index (χ3v) is 3.68. The summed E-state index contributed by atoms with van der Waals surface area (Å²) >= 11 is 0. The Morgan fingerprint density at radius 2 is 2.10 bits per heavy atom. The number of urea groups is 1. The molecule has 3 rings (SSSR count). The van der Waals surface area contributed by atoms with Gasteiger partial charge in [0.15, 0.2) is 6.23 Å². The van der Waals surface area contributed by atoms with E-state index in [1.165, 1.54) is 4.90 Å². The highest BCUT2D eigenvalue weighted by atomic mass is 16.6. The molecule has 0 bridgehead atoms. The molecular formula is C12H18N4O4. The van der Waals surface area contributed by atoms with Gasteiger partial charge in [-0.3, -0.25) is 10.2 Å². The number of amides is 2. The Hall–Kier alpha value is -1.61. The van der Waals surface area contributed by atoms with Gasteiger partial charge in [0.2, 0.25) is 0 Å². The van der Waals surface area contributed by atoms with Crippen LogP contribution in [0.4, 0.5) is 4.79 Å². The van der Waals surface area contributed by atoms with E-state index in [0.717, 1.165) is 11.3 Å². The molecule has 20 heavy (non-hydrogen) atoms. The lowest BCUT2D eigenvalue weighted by atomic mass is 10.1. The number of allylic oxidation sites excluding steroid dienone is 1. The summed E-state index contributed by atoms with van der Waals surface area (Å²) < 4.78 is 5.49. The third-order valence-electron chi connectivity index (χ3n) is 3.68. The van der Waals surface area contributed by atoms with Gasteiger partial charge in [0.05, 0.1) is 0 Å². The average Bonchev–Trinajstić information content (AvgIpc) is 2.89. The predicted octanol–water partition coefficient (Wildman–Crippen LogP) is -1.65. The van der Waals surface area contributed by atoms with Crippen molar-refractivity contribution in [3.05, 3.63) is 23.5 Å². The van der Waals surface area contributed by atoms with Crippen LogP contribution in [0.15, 0.2) is 23.5 Å². The van der Waals surface area contributed by atoms with E-state index in [1.807, 2.05) is 13.0 Å². The minimum absolute atomic E-state index is 0.248. The molecule has 0 aromatic carbocycles. The van der Waals surface area contributed by atoms with Crippen LogP contribution in [0.5, 0.6) is 0 Å². The largest absolute Gasteiger partial charge is 0.386 e. The summed E-state index contributed by atoms with van der Waals surface area (Å²) in [5, 5.41) is 28.5. The van der Waals surface area contributed by atoms with E-state index in [4.69, 9.17) is 4.74 Å². The number of ether oxygens (including phenoxy) is 1. The van der Waals surface area contributed by atoms with E-state index in [-0.39, 0.29) is 12.2 Å². The SMILES string of the molecule is CNC1OC(N2C=C3C=C(C)NC3NC2=O)C(O)C1O. The molecule has 0 aliphatic carbocycles. The summed E-state index contributed by atoms with van der Waals surface area (Å²) in [7, 11) is 1.61. The third kappa shape index (κ3) is 1.97. The maximum Gasteiger partial charge on any atom is 0.325 e. The maximum atomic E-state index is 12.1. The molecule has 0 aromatic rings. The van der Waals surface area contributed by atoms with Gasteiger partial charge < -0.3 is 25.6 Å². The van der Waals surface area contributed by atoms with E-state index >= 15 is 0 Å². The molecule has 110 valence electrons. The molecule has 5 unspecified atom stereocenters. The van der Waals surface area contributed by atoms with Crippen LogP contribution in [-0.2, 0) is 4.74 Å². The van der Waals surface area contributed by atoms with Crippen LogP contribution in [0, 0.1) is 0 Å². The van der Waals surface area contributed by atoms with Gasteiger partial charge in [-0.15, -0.1) is 0 Å². The summed E-state index contributed by atoms with van der Waals surface area (Å²) in [5.41, 5.74) is 1.82. The summed E-state index contributed by atoms with van der Waals surface area (Å²) in [6, 6.07) is -0.387. The number of carbonyl (C=O) groups excluding carboxylic acids is 1. The number of fused-ring (bicyclic) bond motifs is 1. The number of hydrogen-bond donors (Lipinski definition) is 5. The van der Waals surface area contributed by atoms with E-state index < -0.39 is 24.7 Å². The smallest absolute Gasteiger partial charge is 0.325 e. The predicted molar refractivity (Wildman–Crippen MR) is 68.9 cm³/mol. The lowest BCUT2D eigenvalue weighted by Gasteiger charge is -2.33. The van der Waals surface area contributed by atoms with Crippen LogP contribution in [0.3, 0.4) is 0 Å². The zero-order valence-corrected chi connectivity index (χ0v) is 11.2. The standard InChI is InChI=1S/C12H18N4O4/c1-5-3-6-4-16(12(19)15-9(6)14-5)11-8(18)7(17)10(13-2)20-11/h3-4,7-11,13-14,17-18H,1-2H3,(H,15,19). The van der Waals surface area contributed by atoms with Crippen molar-refractivity contribution in [1.82, 2.24) is 20.9 Å². The van der Waals surface area contributed by atoms with Crippen molar-refractivity contribution in [2.45, 2.75) is 37.8 Å². The Kier molecular flexibility index (Phi) is 3.17. The molecule has 0 saturated carbocycles. The van der Waals surface area contributed by atoms with Gasteiger partial charge in [-0.05, 0) is 20.0 Å². The zero-order chi connectivity index (χ0) is 14.4. The van der Waals surface area contributed by atoms with Crippen molar-refractivity contribution >= 4 is 6.03 Å². The van der Waals surface area contributed by atoms with Crippen molar-refractivity contribution in [3.8, 4) is 0 Å². The van der Waals surface area contributed by atoms with Crippen LogP contribution >= 0.6 is 0 Å². The monoisotopic (exact) mass is 282 g/mol. The maximum absolute atomic E-state index is 12.1. The fourth-order valence-electron chi connectivity index (χ4n) is 2.65. The topological polar surface area (TPSA) is 106 Å². The zero-order valence-electron chi connectivity index (χ0n) is 11.2. The van der Waals surface area contributed by atoms with Gasteiger partial charge in [-0.2, -0.15) is 0 Å². The summed E-state index contributed by atoms with van der Waals surface area (Å²) in [6.07, 6.45) is -0.611. The Bertz CT molecular complexity index is 492. The molecule has 8 heteroatoms. The number of nitrogens with one attached hydrogen (secondary N) is 3. The molecule has 5 atom stereocenters. The number of aliphatic hydroxyl groups excluding tert-OH is 2. The van der Waals surface area contributed by atoms with Gasteiger partial charge in [0.25, 0.3) is 0 Å². The second-order valence-corrected chi connectivity index (χ2v) is 5.11. The number of hydrogen-bond acceptors (Lipinski definition) is 6. The second-order valence-electron chi connectivity index (χ2n) is 5.11. The van der Waals surface area contributed by atoms with Gasteiger partial charge >= 0.3 is 6.03 Å². The normalized spacial score (nSPS) is 39.9. The van der Waals surface area contributed by atoms with Crippen LogP contribution in [0.2, 0.25) is 0 Å². The van der Waals surface area contributed by atoms with E-state index in [9.17, 15) is 15.0 Å². The highest BCUT2D eigenvalue weighted by molar-refractivity contribution is 5.78. The summed E-state index contributed by atoms with van der Waals surface area (Å²) in [5.74, 6) is 0. The van der Waals surface area contributed by atoms with Gasteiger partial charge in [-0.1, -0.05) is 0 Å². The second kappa shape index (κ2) is 4.74. The van der Waals surface area contributed by atoms with Crippen LogP contribution < -0.4 is 16.0 Å². The van der Waals surface area contributed by atoms with Gasteiger partial charge in [0.1, 0.15) is 24.6 Å². The van der Waals surface area contributed by atoms with Gasteiger partial charge in [-0.25, -0.2) is 4.79 Å². The van der Waals surface area contributed by atoms with Crippen molar-refractivity contribution in [2.24, 2.45) is 0 Å². The van der Waals surface area contributed by atoms with Crippen molar-refractivity contribution in [2.75, 3.05) is 7.05 Å². The number of carbonyl (C=O) groups is 1. The molecule has 1 saturated heterocycles. The lowest BCUT2D eigenvalue weighted by molar-refractivity contribution is -0.0607. The van der Waals surface area contributed by atoms with Crippen molar-refractivity contribution < 1.29 is 19.7 Å². The molecule has 0 aromatic heterocycles. The molecule has 0 spiro atoms. The first-order valence-corrected chi connectivity index (χ1v) is 6.45. The first-order chi connectivity index (χ1) is 9.51. The van der Waals surface area contributed by atoms with Gasteiger partial charge in [0, 0.05) is 17.5 Å². The molecule has 2 amide bonds. The minimum atomic E-state index is -1.17. The molecule has 8 nitrogen and oxygen atoms in total. The number of nitrogens with zero attached hydrogens (tertiary/aromatic N) is 1. The van der Waals surface area contributed by atoms with Crippen LogP contribution in [0.25, 0.3) is 0 Å². The fourth-order valence-corrected chi connectivity index (χ4v) is 2.65. The number of likely N-dealkylation sites (N-methyl/N-ethyl adjacent to an activating group) is 1. The highest BCUT2D eigenvalue weighted by Gasteiger charge is 2.47. The molecule has 1 fully saturated rings. The Morgan fingerprint density at radius 1 is 1.35 bits per heavy atom. The van der Waals surface area contributed by atoms with E-state index in [1.54, 1.807) is 13.2 Å². The van der Waals surface area contributed by atoms with E-state index in [2.05, 4.69) is 16.0 Å². The molecular weight excluding hydrogens is 264 g/mol. The Balaban J connectivity index is 1.85.